The van der Waals surface area contributed by atoms with Crippen molar-refractivity contribution in [3.63, 3.8) is 0 Å². The van der Waals surface area contributed by atoms with Crippen LogP contribution < -0.4 is 0 Å². The zero-order chi connectivity index (χ0) is 13.8. The predicted molar refractivity (Wildman–Crippen MR) is 67.1 cm³/mol. The summed E-state index contributed by atoms with van der Waals surface area (Å²) in [6, 6.07) is 3.24. The Morgan fingerprint density at radius 3 is 2.58 bits per heavy atom. The van der Waals surface area contributed by atoms with Crippen LogP contribution in [-0.4, -0.2) is 35.1 Å². The number of hydrogen-bond acceptors (Lipinski definition) is 5. The van der Waals surface area contributed by atoms with Crippen LogP contribution in [0.25, 0.3) is 11.4 Å². The van der Waals surface area contributed by atoms with Gasteiger partial charge in [0.05, 0.1) is 30.2 Å². The van der Waals surface area contributed by atoms with Gasteiger partial charge < -0.3 is 14.5 Å². The molecule has 2 rings (SSSR count). The number of nitrogens with zero attached hydrogens (tertiary/aromatic N) is 1. The number of hydrogen-bond donors (Lipinski definition) is 1. The third-order valence-electron chi connectivity index (χ3n) is 2.52. The first kappa shape index (κ1) is 13.1. The first-order valence-corrected chi connectivity index (χ1v) is 5.99. The van der Waals surface area contributed by atoms with Crippen LogP contribution in [0.5, 0.6) is 0 Å². The molecule has 0 unspecified atom stereocenters. The molecule has 0 saturated heterocycles. The van der Waals surface area contributed by atoms with E-state index in [9.17, 15) is 9.59 Å². The van der Waals surface area contributed by atoms with Crippen molar-refractivity contribution >= 4 is 11.9 Å². The van der Waals surface area contributed by atoms with Crippen molar-refractivity contribution < 1.29 is 19.1 Å². The molecule has 0 aromatic heterocycles. The summed E-state index contributed by atoms with van der Waals surface area (Å²) in [6.07, 6.45) is 1.59. The van der Waals surface area contributed by atoms with E-state index in [-0.39, 0.29) is 24.5 Å². The van der Waals surface area contributed by atoms with Crippen LogP contribution >= 0.6 is 0 Å². The summed E-state index contributed by atoms with van der Waals surface area (Å²) in [6.45, 7) is 3.86. The van der Waals surface area contributed by atoms with Crippen LogP contribution in [0.3, 0.4) is 0 Å². The second-order valence-electron chi connectivity index (χ2n) is 3.74. The lowest BCUT2D eigenvalue weighted by Crippen LogP contribution is -2.16. The second kappa shape index (κ2) is 5.51. The fourth-order valence-electron chi connectivity index (χ4n) is 1.71. The summed E-state index contributed by atoms with van der Waals surface area (Å²) in [5.74, 6) is -1.17. The van der Waals surface area contributed by atoms with Gasteiger partial charge in [-0.25, -0.2) is 9.59 Å². The quantitative estimate of drug-likeness (QED) is 0.850. The lowest BCUT2D eigenvalue weighted by molar-refractivity contribution is 0.0473. The molecule has 0 atom stereocenters. The van der Waals surface area contributed by atoms with Crippen molar-refractivity contribution in [1.82, 2.24) is 9.97 Å². The molecule has 0 spiro atoms. The SMILES string of the molecule is CCOC(=O)c1cc2nccc-2[nH]c1C(=O)OCC. The standard InChI is InChI=1S/C13H14N2O4/c1-3-18-12(16)8-7-10-9(5-6-14-10)15-11(8)13(17)19-4-2/h5-7,15H,3-4H2,1-2H3. The molecule has 100 valence electrons. The molecule has 2 heterocycles. The molecule has 0 aliphatic carbocycles. The molecule has 6 nitrogen and oxygen atoms in total. The van der Waals surface area contributed by atoms with Crippen molar-refractivity contribution in [2.24, 2.45) is 0 Å². The van der Waals surface area contributed by atoms with E-state index >= 15 is 0 Å². The van der Waals surface area contributed by atoms with Crippen molar-refractivity contribution in [3.05, 3.63) is 29.6 Å². The van der Waals surface area contributed by atoms with Gasteiger partial charge in [0.2, 0.25) is 0 Å². The van der Waals surface area contributed by atoms with E-state index in [4.69, 9.17) is 9.47 Å². The van der Waals surface area contributed by atoms with Gasteiger partial charge in [0.25, 0.3) is 0 Å². The number of fused-ring (bicyclic) bond motifs is 1. The lowest BCUT2D eigenvalue weighted by atomic mass is 10.1. The largest absolute Gasteiger partial charge is 0.462 e. The van der Waals surface area contributed by atoms with Crippen molar-refractivity contribution in [2.45, 2.75) is 13.8 Å². The Labute approximate surface area is 110 Å². The summed E-state index contributed by atoms with van der Waals surface area (Å²) in [5, 5.41) is 0. The topological polar surface area (TPSA) is 81.3 Å². The number of carbonyl (C=O) groups excluding carboxylic acids is 2. The lowest BCUT2D eigenvalue weighted by Gasteiger charge is -2.10. The fourth-order valence-corrected chi connectivity index (χ4v) is 1.71. The van der Waals surface area contributed by atoms with Crippen LogP contribution in [0.1, 0.15) is 34.7 Å². The normalized spacial score (nSPS) is 10.4. The van der Waals surface area contributed by atoms with E-state index in [0.717, 1.165) is 0 Å². The average Bonchev–Trinajstić information content (AvgIpc) is 2.85. The summed E-state index contributed by atoms with van der Waals surface area (Å²) in [5.41, 5.74) is 1.47. The number of aromatic amines is 1. The Bertz CT molecular complexity index is 527. The minimum atomic E-state index is -0.589. The van der Waals surface area contributed by atoms with Gasteiger partial charge in [-0.2, -0.15) is 0 Å². The first-order valence-electron chi connectivity index (χ1n) is 5.99. The summed E-state index contributed by atoms with van der Waals surface area (Å²) in [4.78, 5) is 30.7. The van der Waals surface area contributed by atoms with Gasteiger partial charge in [0.15, 0.2) is 0 Å². The zero-order valence-corrected chi connectivity index (χ0v) is 10.7. The Morgan fingerprint density at radius 1 is 1.21 bits per heavy atom. The molecule has 0 aromatic carbocycles. The van der Waals surface area contributed by atoms with Crippen molar-refractivity contribution in [2.75, 3.05) is 13.2 Å². The Hall–Kier alpha value is -2.37. The van der Waals surface area contributed by atoms with Gasteiger partial charge in [-0.05, 0) is 26.0 Å². The van der Waals surface area contributed by atoms with Crippen LogP contribution in [0.15, 0.2) is 18.3 Å². The average molecular weight is 262 g/mol. The van der Waals surface area contributed by atoms with Crippen LogP contribution in [0, 0.1) is 0 Å². The Kier molecular flexibility index (Phi) is 3.79. The molecule has 0 bridgehead atoms. The number of aromatic nitrogens is 2. The van der Waals surface area contributed by atoms with Gasteiger partial charge >= 0.3 is 11.9 Å². The van der Waals surface area contributed by atoms with Crippen molar-refractivity contribution in [3.8, 4) is 11.4 Å². The highest BCUT2D eigenvalue weighted by Crippen LogP contribution is 2.22. The van der Waals surface area contributed by atoms with E-state index in [1.165, 1.54) is 6.07 Å². The third kappa shape index (κ3) is 2.57. The molecule has 0 amide bonds. The van der Waals surface area contributed by atoms with E-state index in [2.05, 4.69) is 9.97 Å². The van der Waals surface area contributed by atoms with Crippen LogP contribution in [0.2, 0.25) is 0 Å². The molecule has 2 aliphatic rings. The Balaban J connectivity index is 2.51. The van der Waals surface area contributed by atoms with Crippen molar-refractivity contribution in [1.29, 1.82) is 0 Å². The highest BCUT2D eigenvalue weighted by Gasteiger charge is 2.23. The van der Waals surface area contributed by atoms with Gasteiger partial charge in [0.1, 0.15) is 5.69 Å². The van der Waals surface area contributed by atoms with E-state index in [1.54, 1.807) is 26.1 Å². The van der Waals surface area contributed by atoms with Crippen LogP contribution in [-0.2, 0) is 9.47 Å². The number of nitrogens with one attached hydrogen (secondary N) is 1. The molecule has 19 heavy (non-hydrogen) atoms. The molecule has 6 heteroatoms. The number of carbonyl (C=O) groups is 2. The maximum atomic E-state index is 11.9. The molecule has 0 saturated carbocycles. The predicted octanol–water partition coefficient (Wildman–Crippen LogP) is 1.87. The monoisotopic (exact) mass is 262 g/mol. The van der Waals surface area contributed by atoms with E-state index in [1.807, 2.05) is 0 Å². The number of rotatable bonds is 4. The van der Waals surface area contributed by atoms with Crippen LogP contribution in [0.4, 0.5) is 0 Å². The molecule has 0 radical (unpaired) electrons. The molecule has 0 aromatic rings. The summed E-state index contributed by atoms with van der Waals surface area (Å²) >= 11 is 0. The summed E-state index contributed by atoms with van der Waals surface area (Å²) in [7, 11) is 0. The number of ether oxygens (including phenoxy) is 2. The fraction of sp³-hybridized carbons (Fsp3) is 0.308. The number of H-pyrrole nitrogens is 1. The molecule has 2 aliphatic heterocycles. The number of esters is 2. The second-order valence-corrected chi connectivity index (χ2v) is 3.74. The Morgan fingerprint density at radius 2 is 1.89 bits per heavy atom. The first-order chi connectivity index (χ1) is 9.17. The molecular weight excluding hydrogens is 248 g/mol. The molecule has 1 N–H and O–H groups in total. The smallest absolute Gasteiger partial charge is 0.355 e. The molecular formula is C13H14N2O4. The molecule has 0 fully saturated rings. The van der Waals surface area contributed by atoms with Gasteiger partial charge in [0, 0.05) is 6.20 Å². The van der Waals surface area contributed by atoms with E-state index in [0.29, 0.717) is 11.4 Å². The van der Waals surface area contributed by atoms with Gasteiger partial charge in [-0.1, -0.05) is 0 Å². The van der Waals surface area contributed by atoms with E-state index < -0.39 is 11.9 Å². The maximum Gasteiger partial charge on any atom is 0.355 e. The number of pyridine rings is 1. The minimum absolute atomic E-state index is 0.0841. The minimum Gasteiger partial charge on any atom is -0.462 e. The zero-order valence-electron chi connectivity index (χ0n) is 10.7. The third-order valence-corrected chi connectivity index (χ3v) is 2.52. The van der Waals surface area contributed by atoms with Gasteiger partial charge in [-0.15, -0.1) is 0 Å². The maximum absolute atomic E-state index is 11.9. The summed E-state index contributed by atoms with van der Waals surface area (Å²) < 4.78 is 9.85. The highest BCUT2D eigenvalue weighted by molar-refractivity contribution is 6.03. The highest BCUT2D eigenvalue weighted by atomic mass is 16.5. The van der Waals surface area contributed by atoms with Gasteiger partial charge in [-0.3, -0.25) is 4.98 Å².